The van der Waals surface area contributed by atoms with E-state index < -0.39 is 16.0 Å². The maximum absolute atomic E-state index is 13.1. The number of esters is 1. The van der Waals surface area contributed by atoms with Gasteiger partial charge in [0.1, 0.15) is 0 Å². The van der Waals surface area contributed by atoms with Gasteiger partial charge in [0.25, 0.3) is 0 Å². The molecule has 0 aliphatic carbocycles. The van der Waals surface area contributed by atoms with Crippen LogP contribution in [0.15, 0.2) is 18.2 Å². The first-order valence-corrected chi connectivity index (χ1v) is 11.8. The van der Waals surface area contributed by atoms with Crippen LogP contribution in [0.1, 0.15) is 51.0 Å². The fourth-order valence-electron chi connectivity index (χ4n) is 3.95. The van der Waals surface area contributed by atoms with Crippen LogP contribution >= 0.6 is 0 Å². The van der Waals surface area contributed by atoms with E-state index in [1.807, 2.05) is 11.0 Å². The summed E-state index contributed by atoms with van der Waals surface area (Å²) in [5.41, 5.74) is 4.26. The van der Waals surface area contributed by atoms with E-state index >= 15 is 0 Å². The molecule has 0 saturated heterocycles. The SMILES string of the molecule is CCOC(=O)c1c(C)[nH]c(C(=O)CN2CCCc3c(NS(C)(=O)=O)cccc32)c1C. The van der Waals surface area contributed by atoms with Gasteiger partial charge < -0.3 is 14.6 Å². The van der Waals surface area contributed by atoms with E-state index in [0.717, 1.165) is 30.3 Å². The molecule has 1 aliphatic heterocycles. The van der Waals surface area contributed by atoms with Gasteiger partial charge in [-0.25, -0.2) is 13.2 Å². The third kappa shape index (κ3) is 4.51. The van der Waals surface area contributed by atoms with Crippen LogP contribution in [-0.4, -0.2) is 51.1 Å². The number of nitrogens with one attached hydrogen (secondary N) is 2. The molecule has 8 nitrogen and oxygen atoms in total. The van der Waals surface area contributed by atoms with E-state index in [-0.39, 0.29) is 18.9 Å². The summed E-state index contributed by atoms with van der Waals surface area (Å²) >= 11 is 0. The molecule has 0 radical (unpaired) electrons. The summed E-state index contributed by atoms with van der Waals surface area (Å²) in [6.45, 7) is 6.29. The van der Waals surface area contributed by atoms with Crippen molar-refractivity contribution in [2.24, 2.45) is 0 Å². The van der Waals surface area contributed by atoms with Gasteiger partial charge in [0.15, 0.2) is 5.78 Å². The Morgan fingerprint density at radius 3 is 2.67 bits per heavy atom. The number of hydrogen-bond acceptors (Lipinski definition) is 6. The molecule has 2 N–H and O–H groups in total. The quantitative estimate of drug-likeness (QED) is 0.513. The molecule has 0 amide bonds. The number of aromatic nitrogens is 1. The molecular formula is C21H27N3O5S. The van der Waals surface area contributed by atoms with Crippen molar-refractivity contribution < 1.29 is 22.7 Å². The monoisotopic (exact) mass is 433 g/mol. The zero-order valence-corrected chi connectivity index (χ0v) is 18.5. The lowest BCUT2D eigenvalue weighted by Gasteiger charge is -2.32. The fourth-order valence-corrected chi connectivity index (χ4v) is 4.54. The number of nitrogens with zero attached hydrogens (tertiary/aromatic N) is 1. The number of anilines is 2. The number of hydrogen-bond donors (Lipinski definition) is 2. The van der Waals surface area contributed by atoms with Crippen molar-refractivity contribution in [1.29, 1.82) is 0 Å². The summed E-state index contributed by atoms with van der Waals surface area (Å²) in [7, 11) is -3.40. The van der Waals surface area contributed by atoms with Crippen LogP contribution in [0, 0.1) is 13.8 Å². The van der Waals surface area contributed by atoms with Crippen molar-refractivity contribution >= 4 is 33.2 Å². The zero-order chi connectivity index (χ0) is 22.1. The molecule has 0 bridgehead atoms. The number of benzene rings is 1. The van der Waals surface area contributed by atoms with Gasteiger partial charge in [0.05, 0.1) is 36.4 Å². The van der Waals surface area contributed by atoms with E-state index in [9.17, 15) is 18.0 Å². The lowest BCUT2D eigenvalue weighted by atomic mass is 9.99. The lowest BCUT2D eigenvalue weighted by Crippen LogP contribution is -2.35. The van der Waals surface area contributed by atoms with Crippen LogP contribution in [0.25, 0.3) is 0 Å². The molecule has 1 aromatic carbocycles. The van der Waals surface area contributed by atoms with Gasteiger partial charge in [-0.15, -0.1) is 0 Å². The Labute approximate surface area is 176 Å². The summed E-state index contributed by atoms with van der Waals surface area (Å²) in [5, 5.41) is 0. The van der Waals surface area contributed by atoms with Crippen LogP contribution in [0.4, 0.5) is 11.4 Å². The zero-order valence-electron chi connectivity index (χ0n) is 17.7. The van der Waals surface area contributed by atoms with Crippen LogP contribution < -0.4 is 9.62 Å². The molecule has 0 unspecified atom stereocenters. The number of carbonyl (C=O) groups is 2. The molecule has 30 heavy (non-hydrogen) atoms. The molecule has 1 aromatic heterocycles. The second-order valence-corrected chi connectivity index (χ2v) is 9.22. The third-order valence-corrected chi connectivity index (χ3v) is 5.76. The Hall–Kier alpha value is -2.81. The maximum Gasteiger partial charge on any atom is 0.340 e. The van der Waals surface area contributed by atoms with Gasteiger partial charge in [0, 0.05) is 17.9 Å². The van der Waals surface area contributed by atoms with Crippen LogP contribution in [-0.2, 0) is 21.2 Å². The Kier molecular flexibility index (Phi) is 6.21. The largest absolute Gasteiger partial charge is 0.462 e. The number of sulfonamides is 1. The van der Waals surface area contributed by atoms with Crippen LogP contribution in [0.3, 0.4) is 0 Å². The molecule has 162 valence electrons. The van der Waals surface area contributed by atoms with E-state index in [4.69, 9.17) is 4.74 Å². The molecular weight excluding hydrogens is 406 g/mol. The lowest BCUT2D eigenvalue weighted by molar-refractivity contribution is 0.0525. The number of ether oxygens (including phenoxy) is 1. The average Bonchev–Trinajstić information content (AvgIpc) is 2.96. The number of aryl methyl sites for hydroxylation is 1. The minimum atomic E-state index is -3.40. The normalized spacial score (nSPS) is 13.7. The van der Waals surface area contributed by atoms with E-state index in [2.05, 4.69) is 9.71 Å². The summed E-state index contributed by atoms with van der Waals surface area (Å²) < 4.78 is 31.0. The Morgan fingerprint density at radius 1 is 1.27 bits per heavy atom. The first-order chi connectivity index (χ1) is 14.1. The topological polar surface area (TPSA) is 109 Å². The highest BCUT2D eigenvalue weighted by Gasteiger charge is 2.26. The minimum Gasteiger partial charge on any atom is -0.462 e. The molecule has 0 fully saturated rings. The number of fused-ring (bicyclic) bond motifs is 1. The molecule has 1 aliphatic rings. The molecule has 2 heterocycles. The van der Waals surface area contributed by atoms with Gasteiger partial charge in [-0.3, -0.25) is 9.52 Å². The summed E-state index contributed by atoms with van der Waals surface area (Å²) in [6.07, 6.45) is 2.65. The number of aromatic amines is 1. The standard InChI is InChI=1S/C21H27N3O5S/c1-5-29-21(26)19-13(2)20(22-14(19)3)18(25)12-24-11-7-8-15-16(23-30(4,27)28)9-6-10-17(15)24/h6,9-10,22-23H,5,7-8,11-12H2,1-4H3. The third-order valence-electron chi connectivity index (χ3n) is 5.17. The first kappa shape index (κ1) is 21.9. The van der Waals surface area contributed by atoms with Crippen LogP contribution in [0.5, 0.6) is 0 Å². The summed E-state index contributed by atoms with van der Waals surface area (Å²) in [5.74, 6) is -0.580. The summed E-state index contributed by atoms with van der Waals surface area (Å²) in [4.78, 5) is 30.3. The predicted molar refractivity (Wildman–Crippen MR) is 116 cm³/mol. The molecule has 0 saturated carbocycles. The highest BCUT2D eigenvalue weighted by molar-refractivity contribution is 7.92. The molecule has 0 spiro atoms. The highest BCUT2D eigenvalue weighted by Crippen LogP contribution is 2.33. The first-order valence-electron chi connectivity index (χ1n) is 9.86. The van der Waals surface area contributed by atoms with Gasteiger partial charge in [-0.05, 0) is 56.9 Å². The van der Waals surface area contributed by atoms with Crippen molar-refractivity contribution in [2.75, 3.05) is 35.6 Å². The van der Waals surface area contributed by atoms with Crippen molar-refractivity contribution in [2.45, 2.75) is 33.6 Å². The number of H-pyrrole nitrogens is 1. The van der Waals surface area contributed by atoms with Crippen molar-refractivity contribution in [3.8, 4) is 0 Å². The Morgan fingerprint density at radius 2 is 2.00 bits per heavy atom. The maximum atomic E-state index is 13.1. The number of rotatable bonds is 7. The highest BCUT2D eigenvalue weighted by atomic mass is 32.2. The van der Waals surface area contributed by atoms with E-state index in [1.165, 1.54) is 0 Å². The average molecular weight is 434 g/mol. The molecule has 0 atom stereocenters. The Bertz CT molecular complexity index is 1090. The summed E-state index contributed by atoms with van der Waals surface area (Å²) in [6, 6.07) is 5.40. The molecule has 2 aromatic rings. The smallest absolute Gasteiger partial charge is 0.340 e. The van der Waals surface area contributed by atoms with Gasteiger partial charge in [-0.1, -0.05) is 6.07 Å². The van der Waals surface area contributed by atoms with Gasteiger partial charge in [-0.2, -0.15) is 0 Å². The number of carbonyl (C=O) groups excluding carboxylic acids is 2. The second kappa shape index (κ2) is 8.51. The van der Waals surface area contributed by atoms with E-state index in [0.29, 0.717) is 34.7 Å². The molecule has 3 rings (SSSR count). The van der Waals surface area contributed by atoms with Gasteiger partial charge in [0.2, 0.25) is 10.0 Å². The van der Waals surface area contributed by atoms with Gasteiger partial charge >= 0.3 is 5.97 Å². The predicted octanol–water partition coefficient (Wildman–Crippen LogP) is 2.82. The van der Waals surface area contributed by atoms with Crippen molar-refractivity contribution in [3.63, 3.8) is 0 Å². The van der Waals surface area contributed by atoms with Crippen LogP contribution in [0.2, 0.25) is 0 Å². The Balaban J connectivity index is 1.87. The fraction of sp³-hybridized carbons (Fsp3) is 0.429. The van der Waals surface area contributed by atoms with Crippen molar-refractivity contribution in [3.05, 3.63) is 46.3 Å². The number of ketones is 1. The van der Waals surface area contributed by atoms with Crippen molar-refractivity contribution in [1.82, 2.24) is 4.98 Å². The minimum absolute atomic E-state index is 0.123. The number of Topliss-reactive ketones (excluding diaryl/α,β-unsaturated/α-hetero) is 1. The second-order valence-electron chi connectivity index (χ2n) is 7.47. The molecule has 9 heteroatoms. The van der Waals surface area contributed by atoms with E-state index in [1.54, 1.807) is 32.9 Å².